The lowest BCUT2D eigenvalue weighted by Crippen LogP contribution is -2.51. The van der Waals surface area contributed by atoms with E-state index in [1.165, 1.54) is 25.7 Å². The third-order valence-corrected chi connectivity index (χ3v) is 4.74. The lowest BCUT2D eigenvalue weighted by atomic mass is 9.68. The fraction of sp³-hybridized carbons (Fsp3) is 1.00. The molecule has 1 spiro atoms. The van der Waals surface area contributed by atoms with E-state index in [0.29, 0.717) is 5.41 Å². The molecule has 0 unspecified atom stereocenters. The van der Waals surface area contributed by atoms with Gasteiger partial charge in [0.1, 0.15) is 0 Å². The molecule has 2 atom stereocenters. The Morgan fingerprint density at radius 2 is 2.18 bits per heavy atom. The summed E-state index contributed by atoms with van der Waals surface area (Å²) in [5, 5.41) is 9.09. The summed E-state index contributed by atoms with van der Waals surface area (Å²) >= 11 is 0. The van der Waals surface area contributed by atoms with Gasteiger partial charge in [-0.1, -0.05) is 6.92 Å². The molecule has 2 rings (SSSR count). The average Bonchev–Trinajstić information content (AvgIpc) is 2.29. The van der Waals surface area contributed by atoms with E-state index in [-0.39, 0.29) is 12.2 Å². The van der Waals surface area contributed by atoms with Gasteiger partial charge in [0.15, 0.2) is 0 Å². The third-order valence-electron chi connectivity index (χ3n) is 4.74. The molecule has 2 aliphatic rings. The summed E-state index contributed by atoms with van der Waals surface area (Å²) in [6.07, 6.45) is 6.12. The zero-order chi connectivity index (χ0) is 12.4. The van der Waals surface area contributed by atoms with Gasteiger partial charge in [-0.25, -0.2) is 0 Å². The Morgan fingerprint density at radius 1 is 1.35 bits per heavy atom. The van der Waals surface area contributed by atoms with Gasteiger partial charge in [-0.05, 0) is 51.0 Å². The fourth-order valence-electron chi connectivity index (χ4n) is 3.66. The molecule has 2 fully saturated rings. The van der Waals surface area contributed by atoms with Crippen LogP contribution in [0.25, 0.3) is 0 Å². The van der Waals surface area contributed by atoms with E-state index < -0.39 is 0 Å². The molecular weight excluding hydrogens is 214 g/mol. The van der Waals surface area contributed by atoms with E-state index in [0.717, 1.165) is 32.7 Å². The molecule has 3 nitrogen and oxygen atoms in total. The van der Waals surface area contributed by atoms with Crippen LogP contribution in [0.3, 0.4) is 0 Å². The third kappa shape index (κ3) is 3.01. The van der Waals surface area contributed by atoms with Crippen LogP contribution in [-0.2, 0) is 4.74 Å². The van der Waals surface area contributed by atoms with E-state index in [9.17, 15) is 0 Å². The van der Waals surface area contributed by atoms with E-state index >= 15 is 0 Å². The summed E-state index contributed by atoms with van der Waals surface area (Å²) < 4.78 is 5.97. The highest BCUT2D eigenvalue weighted by molar-refractivity contribution is 4.95. The highest BCUT2D eigenvalue weighted by Crippen LogP contribution is 2.45. The van der Waals surface area contributed by atoms with Crippen molar-refractivity contribution in [1.29, 1.82) is 0 Å². The van der Waals surface area contributed by atoms with Gasteiger partial charge in [0.05, 0.1) is 12.2 Å². The Morgan fingerprint density at radius 3 is 2.88 bits per heavy atom. The molecule has 17 heavy (non-hydrogen) atoms. The molecule has 0 aromatic heterocycles. The van der Waals surface area contributed by atoms with Gasteiger partial charge in [-0.15, -0.1) is 0 Å². The first kappa shape index (κ1) is 13.3. The zero-order valence-electron chi connectivity index (χ0n) is 11.4. The number of likely N-dealkylation sites (tertiary alicyclic amines) is 1. The Hall–Kier alpha value is -0.120. The van der Waals surface area contributed by atoms with Gasteiger partial charge in [0.25, 0.3) is 0 Å². The van der Waals surface area contributed by atoms with Crippen LogP contribution in [0.2, 0.25) is 0 Å². The minimum absolute atomic E-state index is 0.0838. The summed E-state index contributed by atoms with van der Waals surface area (Å²) in [6, 6.07) is 0. The predicted octanol–water partition coefficient (Wildman–Crippen LogP) is 2.04. The molecule has 3 heteroatoms. The first-order valence-corrected chi connectivity index (χ1v) is 7.09. The highest BCUT2D eigenvalue weighted by atomic mass is 16.5. The maximum Gasteiger partial charge on any atom is 0.0657 e. The summed E-state index contributed by atoms with van der Waals surface area (Å²) in [6.45, 7) is 8.85. The van der Waals surface area contributed by atoms with Crippen molar-refractivity contribution in [2.45, 2.75) is 51.6 Å². The molecule has 0 bridgehead atoms. The van der Waals surface area contributed by atoms with Gasteiger partial charge in [0, 0.05) is 19.7 Å². The lowest BCUT2D eigenvalue weighted by Gasteiger charge is -2.50. The summed E-state index contributed by atoms with van der Waals surface area (Å²) in [4.78, 5) is 2.44. The molecule has 100 valence electrons. The quantitative estimate of drug-likeness (QED) is 0.821. The molecule has 0 radical (unpaired) electrons. The summed E-state index contributed by atoms with van der Waals surface area (Å²) in [5.41, 5.74) is 0.539. The van der Waals surface area contributed by atoms with Crippen molar-refractivity contribution < 1.29 is 9.84 Å². The molecule has 2 heterocycles. The topological polar surface area (TPSA) is 32.7 Å². The van der Waals surface area contributed by atoms with Crippen LogP contribution < -0.4 is 0 Å². The van der Waals surface area contributed by atoms with E-state index in [2.05, 4.69) is 18.7 Å². The van der Waals surface area contributed by atoms with Crippen LogP contribution in [0.1, 0.15) is 46.0 Å². The Bertz CT molecular complexity index is 253. The number of nitrogens with zero attached hydrogens (tertiary/aromatic N) is 1. The molecule has 1 N–H and O–H groups in total. The van der Waals surface area contributed by atoms with Crippen molar-refractivity contribution in [1.82, 2.24) is 4.90 Å². The Balaban J connectivity index is 2.02. The SMILES string of the molecule is CC[C@@]1(C)C[C@@]2(CCCN(CCO)C2)CCO1. The zero-order valence-corrected chi connectivity index (χ0v) is 11.4. The Kier molecular flexibility index (Phi) is 4.11. The fourth-order valence-corrected chi connectivity index (χ4v) is 3.66. The predicted molar refractivity (Wildman–Crippen MR) is 69.1 cm³/mol. The number of hydrogen-bond acceptors (Lipinski definition) is 3. The summed E-state index contributed by atoms with van der Waals surface area (Å²) in [5.74, 6) is 0. The second-order valence-electron chi connectivity index (χ2n) is 6.18. The van der Waals surface area contributed by atoms with Crippen molar-refractivity contribution in [3.05, 3.63) is 0 Å². The van der Waals surface area contributed by atoms with E-state index in [1.807, 2.05) is 0 Å². The van der Waals surface area contributed by atoms with Crippen LogP contribution in [0.5, 0.6) is 0 Å². The highest BCUT2D eigenvalue weighted by Gasteiger charge is 2.44. The molecule has 2 saturated heterocycles. The van der Waals surface area contributed by atoms with E-state index in [4.69, 9.17) is 9.84 Å². The number of hydrogen-bond donors (Lipinski definition) is 1. The second-order valence-corrected chi connectivity index (χ2v) is 6.18. The maximum absolute atomic E-state index is 9.09. The monoisotopic (exact) mass is 241 g/mol. The van der Waals surface area contributed by atoms with Gasteiger partial charge in [0.2, 0.25) is 0 Å². The van der Waals surface area contributed by atoms with E-state index in [1.54, 1.807) is 0 Å². The molecule has 0 aromatic carbocycles. The number of piperidine rings is 1. The molecule has 0 aliphatic carbocycles. The maximum atomic E-state index is 9.09. The van der Waals surface area contributed by atoms with Gasteiger partial charge in [-0.3, -0.25) is 0 Å². The smallest absolute Gasteiger partial charge is 0.0657 e. The Labute approximate surface area is 105 Å². The largest absolute Gasteiger partial charge is 0.395 e. The van der Waals surface area contributed by atoms with Crippen LogP contribution >= 0.6 is 0 Å². The molecular formula is C14H27NO2. The van der Waals surface area contributed by atoms with Gasteiger partial charge < -0.3 is 14.7 Å². The number of rotatable bonds is 3. The number of aliphatic hydroxyl groups is 1. The standard InChI is InChI=1S/C14H27NO2/c1-3-13(2)11-14(6-10-17-13)5-4-7-15(12-14)8-9-16/h16H,3-12H2,1-2H3/t13-,14+/m0/s1. The van der Waals surface area contributed by atoms with Crippen LogP contribution in [0.4, 0.5) is 0 Å². The normalized spacial score (nSPS) is 39.7. The number of β-amino-alcohol motifs (C(OH)–C–C–N with tert-alkyl or cyclic N) is 1. The van der Waals surface area contributed by atoms with Crippen molar-refractivity contribution >= 4 is 0 Å². The van der Waals surface area contributed by atoms with Gasteiger partial charge >= 0.3 is 0 Å². The van der Waals surface area contributed by atoms with Crippen molar-refractivity contribution in [3.63, 3.8) is 0 Å². The van der Waals surface area contributed by atoms with Gasteiger partial charge in [-0.2, -0.15) is 0 Å². The lowest BCUT2D eigenvalue weighted by molar-refractivity contribution is -0.134. The van der Waals surface area contributed by atoms with Crippen molar-refractivity contribution in [2.24, 2.45) is 5.41 Å². The molecule has 0 saturated carbocycles. The van der Waals surface area contributed by atoms with Crippen LogP contribution in [0.15, 0.2) is 0 Å². The average molecular weight is 241 g/mol. The molecule has 0 aromatic rings. The number of aliphatic hydroxyl groups excluding tert-OH is 1. The van der Waals surface area contributed by atoms with Crippen LogP contribution in [-0.4, -0.2) is 48.5 Å². The van der Waals surface area contributed by atoms with Crippen molar-refractivity contribution in [2.75, 3.05) is 32.8 Å². The molecule has 0 amide bonds. The minimum atomic E-state index is 0.0838. The second kappa shape index (κ2) is 5.25. The first-order valence-electron chi connectivity index (χ1n) is 7.09. The summed E-state index contributed by atoms with van der Waals surface area (Å²) in [7, 11) is 0. The minimum Gasteiger partial charge on any atom is -0.395 e. The first-order chi connectivity index (χ1) is 8.11. The van der Waals surface area contributed by atoms with Crippen molar-refractivity contribution in [3.8, 4) is 0 Å². The van der Waals surface area contributed by atoms with Crippen LogP contribution in [0, 0.1) is 5.41 Å². The number of ether oxygens (including phenoxy) is 1. The molecule has 2 aliphatic heterocycles.